The molecule has 14 heteroatoms. The van der Waals surface area contributed by atoms with Crippen molar-refractivity contribution in [2.75, 3.05) is 66.7 Å². The number of benzene rings is 2. The Kier molecular flexibility index (Phi) is 8.81. The smallest absolute Gasteiger partial charge is 0.327 e. The molecule has 0 radical (unpaired) electrons. The third kappa shape index (κ3) is 6.56. The fraction of sp³-hybridized carbons (Fsp3) is 0.310. The van der Waals surface area contributed by atoms with Crippen LogP contribution in [-0.2, 0) is 4.79 Å². The second-order valence-corrected chi connectivity index (χ2v) is 11.0. The molecule has 2 aromatic carbocycles. The maximum Gasteiger partial charge on any atom is 0.327 e. The Hall–Kier alpha value is -4.26. The van der Waals surface area contributed by atoms with E-state index in [4.69, 9.17) is 32.7 Å². The molecule has 4 N–H and O–H groups in total. The number of piperazine rings is 1. The number of carbonyl (C=O) groups excluding carboxylic acids is 2. The van der Waals surface area contributed by atoms with Gasteiger partial charge in [0.2, 0.25) is 5.91 Å². The molecule has 3 aromatic rings. The Labute approximate surface area is 259 Å². The number of halogens is 2. The van der Waals surface area contributed by atoms with Crippen LogP contribution in [0, 0.1) is 0 Å². The second-order valence-electron chi connectivity index (χ2n) is 10.2. The summed E-state index contributed by atoms with van der Waals surface area (Å²) in [7, 11) is 4.42. The molecular weight excluding hydrogens is 595 g/mol. The summed E-state index contributed by atoms with van der Waals surface area (Å²) in [5, 5.41) is 12.7. The lowest BCUT2D eigenvalue weighted by molar-refractivity contribution is -0.111. The SMILES string of the molecule is C=CC(=O)Nc1cc(N2CCNC3(CC3)C2)ccc1Nc1cc(N(C)C(=O)Nc2c(Cl)c(OC)cc(OC)c2Cl)ncn1. The van der Waals surface area contributed by atoms with Gasteiger partial charge in [-0.25, -0.2) is 14.8 Å². The summed E-state index contributed by atoms with van der Waals surface area (Å²) in [6, 6.07) is 8.37. The summed E-state index contributed by atoms with van der Waals surface area (Å²) in [6.45, 7) is 6.26. The third-order valence-corrected chi connectivity index (χ3v) is 8.16. The number of urea groups is 1. The number of anilines is 6. The molecule has 1 aliphatic carbocycles. The van der Waals surface area contributed by atoms with E-state index in [1.54, 1.807) is 6.07 Å². The molecule has 1 saturated carbocycles. The van der Waals surface area contributed by atoms with Gasteiger partial charge in [-0.15, -0.1) is 0 Å². The van der Waals surface area contributed by atoms with Crippen LogP contribution in [0.25, 0.3) is 0 Å². The summed E-state index contributed by atoms with van der Waals surface area (Å²) >= 11 is 12.8. The van der Waals surface area contributed by atoms with Gasteiger partial charge in [-0.05, 0) is 37.1 Å². The first-order chi connectivity index (χ1) is 20.7. The minimum absolute atomic E-state index is 0.116. The Bertz CT molecular complexity index is 1540. The van der Waals surface area contributed by atoms with Crippen LogP contribution in [0.5, 0.6) is 11.5 Å². The highest BCUT2D eigenvalue weighted by Gasteiger charge is 2.45. The van der Waals surface area contributed by atoms with Crippen molar-refractivity contribution in [2.45, 2.75) is 18.4 Å². The van der Waals surface area contributed by atoms with Gasteiger partial charge in [0.1, 0.15) is 39.5 Å². The number of nitrogens with zero attached hydrogens (tertiary/aromatic N) is 4. The van der Waals surface area contributed by atoms with E-state index in [0.717, 1.165) is 25.3 Å². The fourth-order valence-electron chi connectivity index (χ4n) is 4.81. The zero-order valence-corrected chi connectivity index (χ0v) is 25.5. The number of hydrogen-bond donors (Lipinski definition) is 4. The van der Waals surface area contributed by atoms with Crippen LogP contribution in [0.2, 0.25) is 10.0 Å². The van der Waals surface area contributed by atoms with Crippen molar-refractivity contribution < 1.29 is 19.1 Å². The van der Waals surface area contributed by atoms with E-state index >= 15 is 0 Å². The molecule has 0 unspecified atom stereocenters. The zero-order valence-electron chi connectivity index (χ0n) is 24.0. The van der Waals surface area contributed by atoms with Crippen molar-refractivity contribution in [3.05, 3.63) is 59.4 Å². The molecule has 43 heavy (non-hydrogen) atoms. The highest BCUT2D eigenvalue weighted by Crippen LogP contribution is 2.44. The number of carbonyl (C=O) groups is 2. The van der Waals surface area contributed by atoms with E-state index in [9.17, 15) is 9.59 Å². The number of methoxy groups -OCH3 is 2. The van der Waals surface area contributed by atoms with Crippen LogP contribution < -0.4 is 40.5 Å². The molecule has 226 valence electrons. The van der Waals surface area contributed by atoms with E-state index in [1.807, 2.05) is 18.2 Å². The van der Waals surface area contributed by atoms with Gasteiger partial charge in [0.15, 0.2) is 0 Å². The normalized spacial score (nSPS) is 15.0. The quantitative estimate of drug-likeness (QED) is 0.234. The molecule has 1 aromatic heterocycles. The Morgan fingerprint density at radius 1 is 1.07 bits per heavy atom. The van der Waals surface area contributed by atoms with Crippen LogP contribution in [0.15, 0.2) is 49.3 Å². The predicted molar refractivity (Wildman–Crippen MR) is 170 cm³/mol. The zero-order chi connectivity index (χ0) is 30.7. The van der Waals surface area contributed by atoms with Crippen LogP contribution >= 0.6 is 23.2 Å². The molecule has 2 aliphatic rings. The molecule has 1 spiro atoms. The number of nitrogens with one attached hydrogen (secondary N) is 4. The minimum Gasteiger partial charge on any atom is -0.495 e. The van der Waals surface area contributed by atoms with Gasteiger partial charge in [-0.3, -0.25) is 9.69 Å². The maximum atomic E-state index is 13.2. The molecule has 0 atom stereocenters. The van der Waals surface area contributed by atoms with Crippen molar-refractivity contribution >= 4 is 69.5 Å². The van der Waals surface area contributed by atoms with Crippen LogP contribution in [0.4, 0.5) is 39.2 Å². The van der Waals surface area contributed by atoms with Crippen LogP contribution in [-0.4, -0.2) is 68.3 Å². The molecule has 1 saturated heterocycles. The first-order valence-electron chi connectivity index (χ1n) is 13.5. The molecule has 0 bridgehead atoms. The first-order valence-corrected chi connectivity index (χ1v) is 14.2. The van der Waals surface area contributed by atoms with E-state index in [2.05, 4.69) is 42.7 Å². The minimum atomic E-state index is -0.573. The average molecular weight is 628 g/mol. The maximum absolute atomic E-state index is 13.2. The van der Waals surface area contributed by atoms with Crippen LogP contribution in [0.1, 0.15) is 12.8 Å². The summed E-state index contributed by atoms with van der Waals surface area (Å²) in [6.07, 6.45) is 4.87. The first kappa shape index (κ1) is 30.2. The van der Waals surface area contributed by atoms with E-state index in [1.165, 1.54) is 57.5 Å². The lowest BCUT2D eigenvalue weighted by atomic mass is 10.1. The standard InChI is InChI=1S/C29H32Cl2N8O4/c1-5-24(40)36-19-12-17(39-11-10-34-29(15-39)8-9-29)6-7-18(19)35-22-14-23(33-16-32-22)38(2)28(41)37-27-25(30)20(42-3)13-21(43-4)26(27)31/h5-7,12-14,16,34H,1,8-11,15H2,2-4H3,(H,36,40)(H,37,41)(H,32,33,35). The predicted octanol–water partition coefficient (Wildman–Crippen LogP) is 5.28. The highest BCUT2D eigenvalue weighted by atomic mass is 35.5. The van der Waals surface area contributed by atoms with Gasteiger partial charge in [0, 0.05) is 50.0 Å². The van der Waals surface area contributed by atoms with Gasteiger partial charge in [0.25, 0.3) is 0 Å². The molecule has 2 heterocycles. The fourth-order valence-corrected chi connectivity index (χ4v) is 5.41. The second kappa shape index (κ2) is 12.5. The Balaban J connectivity index is 1.36. The van der Waals surface area contributed by atoms with Gasteiger partial charge in [0.05, 0.1) is 31.3 Å². The monoisotopic (exact) mass is 626 g/mol. The Morgan fingerprint density at radius 3 is 2.44 bits per heavy atom. The average Bonchev–Trinajstić information content (AvgIpc) is 3.77. The number of hydrogen-bond acceptors (Lipinski definition) is 9. The molecule has 3 amide bonds. The van der Waals surface area contributed by atoms with Crippen molar-refractivity contribution in [1.29, 1.82) is 0 Å². The van der Waals surface area contributed by atoms with Gasteiger partial charge in [-0.2, -0.15) is 0 Å². The van der Waals surface area contributed by atoms with E-state index in [0.29, 0.717) is 17.2 Å². The van der Waals surface area contributed by atoms with Gasteiger partial charge in [-0.1, -0.05) is 29.8 Å². The summed E-state index contributed by atoms with van der Waals surface area (Å²) < 4.78 is 10.6. The number of amides is 3. The van der Waals surface area contributed by atoms with Crippen molar-refractivity contribution in [3.8, 4) is 11.5 Å². The van der Waals surface area contributed by atoms with Gasteiger partial charge < -0.3 is 35.6 Å². The lowest BCUT2D eigenvalue weighted by Gasteiger charge is -2.36. The summed E-state index contributed by atoms with van der Waals surface area (Å²) in [5.41, 5.74) is 2.50. The lowest BCUT2D eigenvalue weighted by Crippen LogP contribution is -2.52. The topological polar surface area (TPSA) is 133 Å². The molecular formula is C29H32Cl2N8O4. The number of rotatable bonds is 9. The van der Waals surface area contributed by atoms with E-state index < -0.39 is 6.03 Å². The van der Waals surface area contributed by atoms with Crippen LogP contribution in [0.3, 0.4) is 0 Å². The largest absolute Gasteiger partial charge is 0.495 e. The molecule has 12 nitrogen and oxygen atoms in total. The number of aromatic nitrogens is 2. The van der Waals surface area contributed by atoms with Crippen molar-refractivity contribution in [2.24, 2.45) is 0 Å². The Morgan fingerprint density at radius 2 is 1.79 bits per heavy atom. The summed E-state index contributed by atoms with van der Waals surface area (Å²) in [5.74, 6) is 0.892. The van der Waals surface area contributed by atoms with Gasteiger partial charge >= 0.3 is 6.03 Å². The number of ether oxygens (including phenoxy) is 2. The third-order valence-electron chi connectivity index (χ3n) is 7.41. The van der Waals surface area contributed by atoms with Crippen molar-refractivity contribution in [1.82, 2.24) is 15.3 Å². The highest BCUT2D eigenvalue weighted by molar-refractivity contribution is 6.41. The van der Waals surface area contributed by atoms with E-state index in [-0.39, 0.29) is 44.5 Å². The summed E-state index contributed by atoms with van der Waals surface area (Å²) in [4.78, 5) is 37.6. The molecule has 2 fully saturated rings. The molecule has 1 aliphatic heterocycles. The van der Waals surface area contributed by atoms with Crippen molar-refractivity contribution in [3.63, 3.8) is 0 Å². The molecule has 5 rings (SSSR count).